The SMILES string of the molecule is COc1cccc(C(=O)N[C@]2(C(F)(F)F)NC(=O)N(c3ccccc3)C2=O)c1. The normalized spacial score (nSPS) is 19.4. The van der Waals surface area contributed by atoms with Crippen LogP contribution in [0.15, 0.2) is 54.6 Å². The van der Waals surface area contributed by atoms with E-state index in [4.69, 9.17) is 4.74 Å². The number of urea groups is 1. The average Bonchev–Trinajstić information content (AvgIpc) is 2.93. The third-order valence-corrected chi connectivity index (χ3v) is 4.09. The van der Waals surface area contributed by atoms with Gasteiger partial charge in [-0.05, 0) is 30.3 Å². The molecule has 146 valence electrons. The lowest BCUT2D eigenvalue weighted by molar-refractivity contribution is -0.197. The zero-order valence-electron chi connectivity index (χ0n) is 14.4. The largest absolute Gasteiger partial charge is 0.497 e. The fourth-order valence-electron chi connectivity index (χ4n) is 2.70. The number of hydrogen-bond donors (Lipinski definition) is 2. The van der Waals surface area contributed by atoms with Crippen molar-refractivity contribution >= 4 is 23.5 Å². The number of carbonyl (C=O) groups is 3. The van der Waals surface area contributed by atoms with Crippen LogP contribution < -0.4 is 20.3 Å². The highest BCUT2D eigenvalue weighted by Crippen LogP contribution is 2.36. The number of methoxy groups -OCH3 is 1. The van der Waals surface area contributed by atoms with Gasteiger partial charge in [0, 0.05) is 5.56 Å². The van der Waals surface area contributed by atoms with Crippen molar-refractivity contribution < 1.29 is 32.3 Å². The molecule has 0 unspecified atom stereocenters. The molecular formula is C18H14F3N3O4. The van der Waals surface area contributed by atoms with Gasteiger partial charge in [0.2, 0.25) is 0 Å². The minimum atomic E-state index is -5.29. The molecule has 7 nitrogen and oxygen atoms in total. The molecule has 0 radical (unpaired) electrons. The van der Waals surface area contributed by atoms with E-state index in [1.54, 1.807) is 16.7 Å². The molecule has 1 saturated heterocycles. The van der Waals surface area contributed by atoms with E-state index in [9.17, 15) is 27.6 Å². The average molecular weight is 393 g/mol. The summed E-state index contributed by atoms with van der Waals surface area (Å²) >= 11 is 0. The quantitative estimate of drug-likeness (QED) is 0.782. The Balaban J connectivity index is 1.99. The fourth-order valence-corrected chi connectivity index (χ4v) is 2.70. The van der Waals surface area contributed by atoms with Crippen molar-refractivity contribution in [3.05, 3.63) is 60.2 Å². The van der Waals surface area contributed by atoms with Crippen LogP contribution in [0.5, 0.6) is 5.75 Å². The summed E-state index contributed by atoms with van der Waals surface area (Å²) in [5, 5.41) is 3.22. The number of rotatable bonds is 4. The summed E-state index contributed by atoms with van der Waals surface area (Å²) in [6.45, 7) is 0. The van der Waals surface area contributed by atoms with Gasteiger partial charge in [-0.25, -0.2) is 9.69 Å². The first-order valence-electron chi connectivity index (χ1n) is 7.94. The molecule has 4 amide bonds. The number of ether oxygens (including phenoxy) is 1. The highest BCUT2D eigenvalue weighted by molar-refractivity contribution is 6.24. The number of carbonyl (C=O) groups excluding carboxylic acids is 3. The molecule has 1 fully saturated rings. The Morgan fingerprint density at radius 3 is 2.39 bits per heavy atom. The van der Waals surface area contributed by atoms with Gasteiger partial charge in [-0.2, -0.15) is 13.2 Å². The number of imide groups is 1. The second-order valence-corrected chi connectivity index (χ2v) is 5.84. The molecule has 0 bridgehead atoms. The molecule has 2 aromatic rings. The van der Waals surface area contributed by atoms with Gasteiger partial charge >= 0.3 is 12.2 Å². The van der Waals surface area contributed by atoms with Gasteiger partial charge in [-0.15, -0.1) is 0 Å². The van der Waals surface area contributed by atoms with E-state index in [-0.39, 0.29) is 17.0 Å². The van der Waals surface area contributed by atoms with Crippen molar-refractivity contribution in [1.29, 1.82) is 0 Å². The second-order valence-electron chi connectivity index (χ2n) is 5.84. The number of benzene rings is 2. The van der Waals surface area contributed by atoms with Crippen LogP contribution in [-0.2, 0) is 4.79 Å². The maximum absolute atomic E-state index is 13.8. The third kappa shape index (κ3) is 3.13. The van der Waals surface area contributed by atoms with Gasteiger partial charge in [-0.3, -0.25) is 14.9 Å². The summed E-state index contributed by atoms with van der Waals surface area (Å²) in [6, 6.07) is 11.1. The standard InChI is InChI=1S/C18H14F3N3O4/c1-28-13-9-5-6-11(10-13)14(25)22-17(18(19,20)21)15(26)24(16(27)23-17)12-7-3-2-4-8-12/h2-10H,1H3,(H,22,25)(H,23,27)/t17-/m0/s1. The molecule has 0 saturated carbocycles. The smallest absolute Gasteiger partial charge is 0.440 e. The van der Waals surface area contributed by atoms with Crippen molar-refractivity contribution in [1.82, 2.24) is 10.6 Å². The van der Waals surface area contributed by atoms with E-state index in [0.29, 0.717) is 4.90 Å². The van der Waals surface area contributed by atoms with Crippen LogP contribution in [0.25, 0.3) is 0 Å². The first-order chi connectivity index (χ1) is 13.2. The predicted octanol–water partition coefficient (Wildman–Crippen LogP) is 2.44. The van der Waals surface area contributed by atoms with E-state index in [0.717, 1.165) is 0 Å². The highest BCUT2D eigenvalue weighted by Gasteiger charge is 2.69. The number of alkyl halides is 3. The van der Waals surface area contributed by atoms with Crippen molar-refractivity contribution in [2.24, 2.45) is 0 Å². The van der Waals surface area contributed by atoms with E-state index in [1.807, 2.05) is 0 Å². The van der Waals surface area contributed by atoms with E-state index >= 15 is 0 Å². The highest BCUT2D eigenvalue weighted by atomic mass is 19.4. The van der Waals surface area contributed by atoms with Crippen LogP contribution in [0.2, 0.25) is 0 Å². The Bertz CT molecular complexity index is 933. The Kier molecular flexibility index (Phi) is 4.72. The van der Waals surface area contributed by atoms with Crippen LogP contribution in [0.4, 0.5) is 23.7 Å². The summed E-state index contributed by atoms with van der Waals surface area (Å²) in [6.07, 6.45) is -5.29. The first kappa shape index (κ1) is 19.2. The van der Waals surface area contributed by atoms with Crippen LogP contribution in [-0.4, -0.2) is 36.8 Å². The minimum absolute atomic E-state index is 0.0632. The van der Waals surface area contributed by atoms with Gasteiger partial charge in [0.15, 0.2) is 0 Å². The summed E-state index contributed by atoms with van der Waals surface area (Å²) in [5.74, 6) is -2.63. The molecule has 2 aromatic carbocycles. The Morgan fingerprint density at radius 1 is 1.11 bits per heavy atom. The van der Waals surface area contributed by atoms with Crippen LogP contribution in [0.3, 0.4) is 0 Å². The van der Waals surface area contributed by atoms with Crippen molar-refractivity contribution in [3.63, 3.8) is 0 Å². The number of hydrogen-bond acceptors (Lipinski definition) is 4. The lowest BCUT2D eigenvalue weighted by Crippen LogP contribution is -2.69. The number of anilines is 1. The lowest BCUT2D eigenvalue weighted by atomic mass is 10.1. The molecule has 3 rings (SSSR count). The lowest BCUT2D eigenvalue weighted by Gasteiger charge is -2.29. The van der Waals surface area contributed by atoms with Crippen LogP contribution in [0.1, 0.15) is 10.4 Å². The summed E-state index contributed by atoms with van der Waals surface area (Å²) < 4.78 is 46.5. The van der Waals surface area contributed by atoms with Crippen molar-refractivity contribution in [2.75, 3.05) is 12.0 Å². The molecule has 2 N–H and O–H groups in total. The van der Waals surface area contributed by atoms with Gasteiger partial charge in [0.1, 0.15) is 5.75 Å². The summed E-state index contributed by atoms with van der Waals surface area (Å²) in [7, 11) is 1.33. The number of para-hydroxylation sites is 1. The molecular weight excluding hydrogens is 379 g/mol. The molecule has 1 aliphatic heterocycles. The minimum Gasteiger partial charge on any atom is -0.497 e. The van der Waals surface area contributed by atoms with Crippen molar-refractivity contribution in [2.45, 2.75) is 11.8 Å². The Hall–Kier alpha value is -3.56. The molecule has 1 aliphatic rings. The zero-order chi connectivity index (χ0) is 20.5. The second kappa shape index (κ2) is 6.87. The van der Waals surface area contributed by atoms with E-state index in [1.165, 1.54) is 55.6 Å². The van der Waals surface area contributed by atoms with Crippen LogP contribution >= 0.6 is 0 Å². The van der Waals surface area contributed by atoms with Gasteiger partial charge in [0.25, 0.3) is 17.5 Å². The van der Waals surface area contributed by atoms with Crippen molar-refractivity contribution in [3.8, 4) is 5.75 Å². The first-order valence-corrected chi connectivity index (χ1v) is 7.94. The number of nitrogens with zero attached hydrogens (tertiary/aromatic N) is 1. The fraction of sp³-hybridized carbons (Fsp3) is 0.167. The van der Waals surface area contributed by atoms with Gasteiger partial charge < -0.3 is 10.1 Å². The molecule has 10 heteroatoms. The number of halogens is 3. The molecule has 1 atom stereocenters. The van der Waals surface area contributed by atoms with E-state index in [2.05, 4.69) is 0 Å². The van der Waals surface area contributed by atoms with Gasteiger partial charge in [0.05, 0.1) is 12.8 Å². The maximum Gasteiger partial charge on any atom is 0.440 e. The molecule has 1 heterocycles. The molecule has 28 heavy (non-hydrogen) atoms. The number of amides is 4. The predicted molar refractivity (Wildman–Crippen MR) is 91.7 cm³/mol. The Labute approximate surface area is 157 Å². The third-order valence-electron chi connectivity index (χ3n) is 4.09. The molecule has 0 spiro atoms. The van der Waals surface area contributed by atoms with Gasteiger partial charge in [-0.1, -0.05) is 24.3 Å². The number of nitrogens with one attached hydrogen (secondary N) is 2. The maximum atomic E-state index is 13.8. The summed E-state index contributed by atoms with van der Waals surface area (Å²) in [5.41, 5.74) is -3.84. The molecule has 0 aliphatic carbocycles. The molecule has 0 aromatic heterocycles. The Morgan fingerprint density at radius 2 is 1.79 bits per heavy atom. The monoisotopic (exact) mass is 393 g/mol. The summed E-state index contributed by atoms with van der Waals surface area (Å²) in [4.78, 5) is 37.6. The van der Waals surface area contributed by atoms with E-state index < -0.39 is 29.7 Å². The zero-order valence-corrected chi connectivity index (χ0v) is 14.4. The topological polar surface area (TPSA) is 87.7 Å². The van der Waals surface area contributed by atoms with Crippen LogP contribution in [0, 0.1) is 0 Å².